The van der Waals surface area contributed by atoms with Gasteiger partial charge in [-0.25, -0.2) is 0 Å². The molecule has 0 aromatic heterocycles. The molecule has 0 saturated heterocycles. The fraction of sp³-hybridized carbons (Fsp3) is 0.833. The lowest BCUT2D eigenvalue weighted by Crippen LogP contribution is -2.08. The van der Waals surface area contributed by atoms with Crippen LogP contribution in [0.15, 0.2) is 0 Å². The Morgan fingerprint density at radius 3 is 2.00 bits per heavy atom. The van der Waals surface area contributed by atoms with Crippen molar-refractivity contribution in [1.29, 1.82) is 0 Å². The molecule has 0 amide bonds. The minimum atomic E-state index is 0.182. The first-order valence-corrected chi connectivity index (χ1v) is 3.02. The molecule has 0 aromatic rings. The fourth-order valence-electron chi connectivity index (χ4n) is 0.433. The first-order chi connectivity index (χ1) is 3.06. The number of rotatable bonds is 2. The Hall–Kier alpha value is 0.350. The zero-order valence-corrected chi connectivity index (χ0v) is 5.96. The van der Waals surface area contributed by atoms with Crippen molar-refractivity contribution < 1.29 is 0 Å². The molecule has 7 heavy (non-hydrogen) atoms. The second-order valence-corrected chi connectivity index (χ2v) is 3.63. The van der Waals surface area contributed by atoms with E-state index >= 15 is 0 Å². The third-order valence-corrected chi connectivity index (χ3v) is 1.01. The van der Waals surface area contributed by atoms with Gasteiger partial charge in [-0.3, -0.25) is 0 Å². The quantitative estimate of drug-likeness (QED) is 0.527. The third kappa shape index (κ3) is 6.35. The molecule has 0 heterocycles. The Morgan fingerprint density at radius 1 is 1.57 bits per heavy atom. The Morgan fingerprint density at radius 2 is 2.00 bits per heavy atom. The molecule has 0 fully saturated rings. The molecule has 43 valence electrons. The van der Waals surface area contributed by atoms with E-state index in [1.807, 2.05) is 0 Å². The van der Waals surface area contributed by atoms with Gasteiger partial charge in [0, 0.05) is 4.75 Å². The van der Waals surface area contributed by atoms with Crippen molar-refractivity contribution in [2.24, 2.45) is 0 Å². The van der Waals surface area contributed by atoms with Crippen LogP contribution in [0.1, 0.15) is 26.7 Å². The molecule has 0 aliphatic carbocycles. The van der Waals surface area contributed by atoms with E-state index in [1.165, 1.54) is 0 Å². The highest BCUT2D eigenvalue weighted by Gasteiger charge is 2.07. The second-order valence-electron chi connectivity index (χ2n) is 2.42. The van der Waals surface area contributed by atoms with Gasteiger partial charge in [0.05, 0.1) is 0 Å². The summed E-state index contributed by atoms with van der Waals surface area (Å²) in [5, 5.41) is 0. The summed E-state index contributed by atoms with van der Waals surface area (Å²) in [6.07, 6.45) is 2.08. The molecule has 0 atom stereocenters. The molecular formula is C6H13S. The summed E-state index contributed by atoms with van der Waals surface area (Å²) >= 11 is 4.29. The first kappa shape index (κ1) is 7.35. The summed E-state index contributed by atoms with van der Waals surface area (Å²) in [5.74, 6) is 0. The van der Waals surface area contributed by atoms with E-state index in [2.05, 4.69) is 33.4 Å². The van der Waals surface area contributed by atoms with Gasteiger partial charge in [-0.2, -0.15) is 12.6 Å². The van der Waals surface area contributed by atoms with Crippen LogP contribution in [0, 0.1) is 6.92 Å². The van der Waals surface area contributed by atoms with E-state index in [0.29, 0.717) is 0 Å². The van der Waals surface area contributed by atoms with E-state index in [-0.39, 0.29) is 4.75 Å². The third-order valence-electron chi connectivity index (χ3n) is 0.789. The molecule has 0 unspecified atom stereocenters. The van der Waals surface area contributed by atoms with Crippen LogP contribution >= 0.6 is 12.6 Å². The van der Waals surface area contributed by atoms with E-state index in [0.717, 1.165) is 12.8 Å². The van der Waals surface area contributed by atoms with Crippen molar-refractivity contribution in [2.75, 3.05) is 0 Å². The van der Waals surface area contributed by atoms with Crippen LogP contribution in [0.5, 0.6) is 0 Å². The van der Waals surface area contributed by atoms with Gasteiger partial charge in [0.1, 0.15) is 0 Å². The maximum Gasteiger partial charge on any atom is 0.00731 e. The molecule has 0 aliphatic rings. The molecule has 0 bridgehead atoms. The first-order valence-electron chi connectivity index (χ1n) is 2.58. The maximum absolute atomic E-state index is 4.29. The van der Waals surface area contributed by atoms with Crippen molar-refractivity contribution >= 4 is 12.6 Å². The Kier molecular flexibility index (Phi) is 2.74. The minimum Gasteiger partial charge on any atom is -0.173 e. The SMILES string of the molecule is [CH2]CCC(C)(C)S. The fourth-order valence-corrected chi connectivity index (χ4v) is 0.591. The van der Waals surface area contributed by atoms with E-state index in [9.17, 15) is 0 Å². The van der Waals surface area contributed by atoms with Crippen molar-refractivity contribution in [3.8, 4) is 0 Å². The predicted molar refractivity (Wildman–Crippen MR) is 37.7 cm³/mol. The monoisotopic (exact) mass is 117 g/mol. The van der Waals surface area contributed by atoms with Gasteiger partial charge in [0.15, 0.2) is 0 Å². The summed E-state index contributed by atoms with van der Waals surface area (Å²) in [7, 11) is 0. The average Bonchev–Trinajstić information content (AvgIpc) is 1.30. The summed E-state index contributed by atoms with van der Waals surface area (Å²) in [6, 6.07) is 0. The molecule has 1 radical (unpaired) electrons. The zero-order valence-electron chi connectivity index (χ0n) is 5.07. The minimum absolute atomic E-state index is 0.182. The van der Waals surface area contributed by atoms with Gasteiger partial charge >= 0.3 is 0 Å². The second kappa shape index (κ2) is 2.61. The van der Waals surface area contributed by atoms with Crippen LogP contribution in [0.2, 0.25) is 0 Å². The van der Waals surface area contributed by atoms with E-state index < -0.39 is 0 Å². The maximum atomic E-state index is 4.29. The molecular weight excluding hydrogens is 104 g/mol. The molecule has 0 aromatic carbocycles. The van der Waals surface area contributed by atoms with Crippen LogP contribution in [0.25, 0.3) is 0 Å². The molecule has 0 saturated carbocycles. The lowest BCUT2D eigenvalue weighted by atomic mass is 10.1. The molecule has 0 nitrogen and oxygen atoms in total. The van der Waals surface area contributed by atoms with Crippen LogP contribution in [0.3, 0.4) is 0 Å². The molecule has 0 rings (SSSR count). The summed E-state index contributed by atoms with van der Waals surface area (Å²) in [6.45, 7) is 7.92. The Balaban J connectivity index is 3.15. The predicted octanol–water partition coefficient (Wildman–Crippen LogP) is 2.31. The highest BCUT2D eigenvalue weighted by Crippen LogP contribution is 2.17. The lowest BCUT2D eigenvalue weighted by Gasteiger charge is -2.14. The van der Waals surface area contributed by atoms with Crippen LogP contribution in [-0.2, 0) is 0 Å². The van der Waals surface area contributed by atoms with Gasteiger partial charge in [-0.05, 0) is 6.42 Å². The highest BCUT2D eigenvalue weighted by molar-refractivity contribution is 7.81. The van der Waals surface area contributed by atoms with E-state index in [4.69, 9.17) is 0 Å². The molecule has 0 N–H and O–H groups in total. The standard InChI is InChI=1S/C6H13S/c1-4-5-6(2,3)7/h7H,1,4-5H2,2-3H3. The Bertz CT molecular complexity index is 42.6. The lowest BCUT2D eigenvalue weighted by molar-refractivity contribution is 0.653. The molecule has 0 aliphatic heterocycles. The smallest absolute Gasteiger partial charge is 0.00731 e. The van der Waals surface area contributed by atoms with Gasteiger partial charge in [0.2, 0.25) is 0 Å². The van der Waals surface area contributed by atoms with Crippen LogP contribution < -0.4 is 0 Å². The van der Waals surface area contributed by atoms with Gasteiger partial charge in [-0.1, -0.05) is 27.2 Å². The largest absolute Gasteiger partial charge is 0.173 e. The number of thiol groups is 1. The normalized spacial score (nSPS) is 12.0. The topological polar surface area (TPSA) is 0 Å². The van der Waals surface area contributed by atoms with Gasteiger partial charge in [0.25, 0.3) is 0 Å². The summed E-state index contributed by atoms with van der Waals surface area (Å²) in [4.78, 5) is 0. The van der Waals surface area contributed by atoms with Crippen molar-refractivity contribution in [3.05, 3.63) is 6.92 Å². The van der Waals surface area contributed by atoms with E-state index in [1.54, 1.807) is 0 Å². The van der Waals surface area contributed by atoms with Gasteiger partial charge in [-0.15, -0.1) is 0 Å². The van der Waals surface area contributed by atoms with Gasteiger partial charge < -0.3 is 0 Å². The van der Waals surface area contributed by atoms with Crippen LogP contribution in [0.4, 0.5) is 0 Å². The molecule has 1 heteroatoms. The highest BCUT2D eigenvalue weighted by atomic mass is 32.1. The van der Waals surface area contributed by atoms with Crippen molar-refractivity contribution in [2.45, 2.75) is 31.4 Å². The van der Waals surface area contributed by atoms with Crippen LogP contribution in [-0.4, -0.2) is 4.75 Å². The van der Waals surface area contributed by atoms with Crippen molar-refractivity contribution in [1.82, 2.24) is 0 Å². The average molecular weight is 117 g/mol. The Labute approximate surface area is 51.7 Å². The summed E-state index contributed by atoms with van der Waals surface area (Å²) in [5.41, 5.74) is 0. The number of hydrogen-bond donors (Lipinski definition) is 1. The zero-order chi connectivity index (χ0) is 5.91. The van der Waals surface area contributed by atoms with Crippen molar-refractivity contribution in [3.63, 3.8) is 0 Å². The molecule has 0 spiro atoms. The summed E-state index contributed by atoms with van der Waals surface area (Å²) < 4.78 is 0.182. The number of hydrogen-bond acceptors (Lipinski definition) is 1.